The van der Waals surface area contributed by atoms with E-state index in [0.717, 1.165) is 0 Å². The maximum Gasteiger partial charge on any atom is 0.187 e. The third-order valence-electron chi connectivity index (χ3n) is 10.3. The zero-order chi connectivity index (χ0) is 39.3. The van der Waals surface area contributed by atoms with Crippen LogP contribution in [0.3, 0.4) is 0 Å². The maximum absolute atomic E-state index is 6.66. The highest BCUT2D eigenvalue weighted by molar-refractivity contribution is 4.98. The Morgan fingerprint density at radius 1 is 0.472 bits per heavy atom. The van der Waals surface area contributed by atoms with E-state index < -0.39 is 104 Å². The monoisotopic (exact) mass is 774 g/mol. The van der Waals surface area contributed by atoms with E-state index in [2.05, 4.69) is 0 Å². The summed E-state index contributed by atoms with van der Waals surface area (Å²) in [6.45, 7) is 4.40. The highest BCUT2D eigenvalue weighted by Crippen LogP contribution is 2.37. The predicted octanol–water partition coefficient (Wildman–Crippen LogP) is 0.432. The van der Waals surface area contributed by atoms with Gasteiger partial charge in [0.15, 0.2) is 18.9 Å². The standard InChI is InChI=1S/C35H66O18/c1-19-23(26(41-8)29(44-11)32(49-19)48-18-35(47-14,17-38-5)22(39-6)16-37-4)52-33-30(45-12)27(42-9)24(20(2)50-33)53-34-31(46-13)28(43-10)25(40-7)21(51-34)15-36-3/h19-34H,15-18H2,1-14H3/t19-,20-,21+,22-,23-,24+,25+,26+,27+,28-,29+,30-,31+,32-,33+,34-,35+/m0/s1. The molecule has 0 amide bonds. The molecule has 0 aromatic rings. The third kappa shape index (κ3) is 10.6. The van der Waals surface area contributed by atoms with Crippen molar-refractivity contribution in [2.75, 3.05) is 112 Å². The quantitative estimate of drug-likeness (QED) is 0.140. The number of ether oxygens (including phenoxy) is 18. The van der Waals surface area contributed by atoms with Gasteiger partial charge in [-0.3, -0.25) is 0 Å². The number of hydrogen-bond acceptors (Lipinski definition) is 18. The summed E-state index contributed by atoms with van der Waals surface area (Å²) in [4.78, 5) is 0. The van der Waals surface area contributed by atoms with Crippen LogP contribution in [-0.2, 0) is 85.3 Å². The van der Waals surface area contributed by atoms with Crippen LogP contribution in [0.4, 0.5) is 0 Å². The van der Waals surface area contributed by atoms with Gasteiger partial charge < -0.3 is 85.3 Å². The highest BCUT2D eigenvalue weighted by atomic mass is 16.8. The molecule has 18 heteroatoms. The van der Waals surface area contributed by atoms with E-state index in [1.807, 2.05) is 13.8 Å². The fourth-order valence-electron chi connectivity index (χ4n) is 7.53. The van der Waals surface area contributed by atoms with Gasteiger partial charge >= 0.3 is 0 Å². The molecule has 0 saturated carbocycles. The molecule has 0 unspecified atom stereocenters. The molecule has 17 atom stereocenters. The van der Waals surface area contributed by atoms with E-state index in [4.69, 9.17) is 85.3 Å². The summed E-state index contributed by atoms with van der Waals surface area (Å²) in [7, 11) is 18.8. The van der Waals surface area contributed by atoms with Crippen molar-refractivity contribution >= 4 is 0 Å². The van der Waals surface area contributed by atoms with Crippen LogP contribution in [0.15, 0.2) is 0 Å². The molecule has 0 aliphatic carbocycles. The van der Waals surface area contributed by atoms with Crippen LogP contribution in [0, 0.1) is 0 Å². The lowest BCUT2D eigenvalue weighted by Crippen LogP contribution is -2.66. The first kappa shape index (κ1) is 46.7. The van der Waals surface area contributed by atoms with Gasteiger partial charge in [-0.2, -0.15) is 0 Å². The molecule has 3 fully saturated rings. The molecule has 0 radical (unpaired) electrons. The number of hydrogen-bond donors (Lipinski definition) is 0. The minimum absolute atomic E-state index is 0.0302. The Balaban J connectivity index is 1.81. The first-order valence-electron chi connectivity index (χ1n) is 17.7. The van der Waals surface area contributed by atoms with Crippen molar-refractivity contribution < 1.29 is 85.3 Å². The molecule has 0 spiro atoms. The third-order valence-corrected chi connectivity index (χ3v) is 10.3. The van der Waals surface area contributed by atoms with E-state index in [1.54, 1.807) is 85.3 Å². The molecule has 3 aliphatic rings. The second kappa shape index (κ2) is 22.9. The van der Waals surface area contributed by atoms with Crippen LogP contribution in [0.25, 0.3) is 0 Å². The van der Waals surface area contributed by atoms with Crippen LogP contribution in [0.2, 0.25) is 0 Å². The Bertz CT molecular complexity index is 999. The first-order valence-corrected chi connectivity index (χ1v) is 17.7. The van der Waals surface area contributed by atoms with E-state index in [0.29, 0.717) is 0 Å². The second-order valence-corrected chi connectivity index (χ2v) is 13.2. The van der Waals surface area contributed by atoms with Gasteiger partial charge in [0.2, 0.25) is 0 Å². The fraction of sp³-hybridized carbons (Fsp3) is 1.00. The zero-order valence-corrected chi connectivity index (χ0v) is 33.9. The van der Waals surface area contributed by atoms with Crippen LogP contribution in [-0.4, -0.2) is 216 Å². The van der Waals surface area contributed by atoms with Crippen LogP contribution < -0.4 is 0 Å². The fourth-order valence-corrected chi connectivity index (χ4v) is 7.53. The normalized spacial score (nSPS) is 39.8. The lowest BCUT2D eigenvalue weighted by molar-refractivity contribution is -0.382. The molecule has 53 heavy (non-hydrogen) atoms. The molecule has 0 aromatic heterocycles. The van der Waals surface area contributed by atoms with Gasteiger partial charge in [-0.05, 0) is 13.8 Å². The van der Waals surface area contributed by atoms with Crippen molar-refractivity contribution in [1.29, 1.82) is 0 Å². The Labute approximate surface area is 314 Å². The average Bonchev–Trinajstić information content (AvgIpc) is 3.16. The summed E-state index contributed by atoms with van der Waals surface area (Å²) in [6.07, 6.45) is -10.7. The molecule has 3 aliphatic heterocycles. The Kier molecular flexibility index (Phi) is 20.1. The van der Waals surface area contributed by atoms with E-state index in [9.17, 15) is 0 Å². The van der Waals surface area contributed by atoms with Crippen molar-refractivity contribution in [2.45, 2.75) is 118 Å². The number of rotatable bonds is 23. The summed E-state index contributed by atoms with van der Waals surface area (Å²) in [5.74, 6) is 0. The lowest BCUT2D eigenvalue weighted by atomic mass is 9.95. The van der Waals surface area contributed by atoms with Crippen LogP contribution in [0.1, 0.15) is 13.8 Å². The second-order valence-electron chi connectivity index (χ2n) is 13.2. The summed E-state index contributed by atoms with van der Waals surface area (Å²) >= 11 is 0. The van der Waals surface area contributed by atoms with Crippen molar-refractivity contribution in [1.82, 2.24) is 0 Å². The van der Waals surface area contributed by atoms with Gasteiger partial charge in [0.25, 0.3) is 0 Å². The summed E-state index contributed by atoms with van der Waals surface area (Å²) in [5, 5.41) is 0. The van der Waals surface area contributed by atoms with Gasteiger partial charge in [-0.15, -0.1) is 0 Å². The van der Waals surface area contributed by atoms with Gasteiger partial charge in [0.1, 0.15) is 72.7 Å². The Morgan fingerprint density at radius 2 is 0.925 bits per heavy atom. The van der Waals surface area contributed by atoms with Gasteiger partial charge in [0, 0.05) is 85.3 Å². The van der Waals surface area contributed by atoms with Gasteiger partial charge in [-0.1, -0.05) is 0 Å². The highest BCUT2D eigenvalue weighted by Gasteiger charge is 2.55. The van der Waals surface area contributed by atoms with Crippen molar-refractivity contribution in [3.63, 3.8) is 0 Å². The molecule has 3 heterocycles. The minimum atomic E-state index is -1.02. The Hall–Kier alpha value is -0.720. The molecular formula is C35H66O18. The molecule has 0 N–H and O–H groups in total. The largest absolute Gasteiger partial charge is 0.382 e. The van der Waals surface area contributed by atoms with E-state index in [1.165, 1.54) is 0 Å². The summed E-state index contributed by atoms with van der Waals surface area (Å²) in [5.41, 5.74) is -1.02. The zero-order valence-electron chi connectivity index (χ0n) is 33.9. The van der Waals surface area contributed by atoms with Crippen molar-refractivity contribution in [3.05, 3.63) is 0 Å². The lowest BCUT2D eigenvalue weighted by Gasteiger charge is -2.50. The first-order chi connectivity index (χ1) is 25.6. The van der Waals surface area contributed by atoms with E-state index in [-0.39, 0.29) is 26.4 Å². The van der Waals surface area contributed by atoms with Gasteiger partial charge in [-0.25, -0.2) is 0 Å². The minimum Gasteiger partial charge on any atom is -0.382 e. The molecule has 18 nitrogen and oxygen atoms in total. The topological polar surface area (TPSA) is 166 Å². The molecule has 0 aromatic carbocycles. The van der Waals surface area contributed by atoms with Crippen molar-refractivity contribution in [2.24, 2.45) is 0 Å². The molecule has 314 valence electrons. The SMILES string of the molecule is COC[C@H](OC)[C@@](COC)(CO[C@H]1O[C@@H](C)[C@H](O[C@H]2O[C@@H](C)[C@@H](O[C@@H]3O[C@H](COC)[C@@H](OC)[C@H](OC)[C@H]3OC)[C@@H](OC)[C@@H]2OC)[C@@H](OC)[C@H]1OC)OC. The predicted molar refractivity (Wildman–Crippen MR) is 185 cm³/mol. The molecule has 0 bridgehead atoms. The van der Waals surface area contributed by atoms with Crippen LogP contribution >= 0.6 is 0 Å². The molecule has 3 saturated heterocycles. The average molecular weight is 775 g/mol. The molecular weight excluding hydrogens is 708 g/mol. The van der Waals surface area contributed by atoms with E-state index >= 15 is 0 Å². The van der Waals surface area contributed by atoms with Gasteiger partial charge in [0.05, 0.1) is 38.6 Å². The molecule has 3 rings (SSSR count). The Morgan fingerprint density at radius 3 is 1.34 bits per heavy atom. The number of methoxy groups -OCH3 is 12. The van der Waals surface area contributed by atoms with Crippen LogP contribution in [0.5, 0.6) is 0 Å². The smallest absolute Gasteiger partial charge is 0.187 e. The summed E-state index contributed by atoms with van der Waals surface area (Å²) < 4.78 is 108. The maximum atomic E-state index is 6.66. The van der Waals surface area contributed by atoms with Crippen molar-refractivity contribution in [3.8, 4) is 0 Å². The summed E-state index contributed by atoms with van der Waals surface area (Å²) in [6, 6.07) is 0.